The summed E-state index contributed by atoms with van der Waals surface area (Å²) in [7, 11) is 0. The number of pyridine rings is 1. The molecule has 3 aromatic rings. The van der Waals surface area contributed by atoms with Crippen LogP contribution in [0.3, 0.4) is 0 Å². The van der Waals surface area contributed by atoms with Gasteiger partial charge in [0.15, 0.2) is 0 Å². The summed E-state index contributed by atoms with van der Waals surface area (Å²) in [6.45, 7) is 0.446. The lowest BCUT2D eigenvalue weighted by Crippen LogP contribution is -2.32. The number of rotatable bonds is 3. The molecule has 1 aliphatic heterocycles. The number of halogens is 4. The molecule has 0 radical (unpaired) electrons. The number of carbonyl (C=O) groups excluding carboxylic acids is 1. The number of nitrogens with one attached hydrogen (secondary N) is 1. The van der Waals surface area contributed by atoms with Gasteiger partial charge in [-0.25, -0.2) is 9.07 Å². The van der Waals surface area contributed by atoms with E-state index in [1.165, 1.54) is 23.1 Å². The first-order valence-corrected chi connectivity index (χ1v) is 8.61. The van der Waals surface area contributed by atoms with E-state index in [2.05, 4.69) is 15.4 Å². The van der Waals surface area contributed by atoms with E-state index in [0.717, 1.165) is 6.07 Å². The number of aromatic nitrogens is 3. The number of aliphatic hydroxyl groups excluding tert-OH is 1. The highest BCUT2D eigenvalue weighted by Crippen LogP contribution is 2.33. The van der Waals surface area contributed by atoms with Crippen LogP contribution in [0.25, 0.3) is 5.69 Å². The van der Waals surface area contributed by atoms with Crippen LogP contribution >= 0.6 is 0 Å². The zero-order chi connectivity index (χ0) is 20.8. The van der Waals surface area contributed by atoms with Crippen LogP contribution in [0.5, 0.6) is 0 Å². The maximum Gasteiger partial charge on any atom is 0.416 e. The molecule has 1 unspecified atom stereocenters. The van der Waals surface area contributed by atoms with Crippen molar-refractivity contribution in [1.82, 2.24) is 20.1 Å². The first-order valence-electron chi connectivity index (χ1n) is 8.61. The van der Waals surface area contributed by atoms with E-state index >= 15 is 0 Å². The van der Waals surface area contributed by atoms with Crippen molar-refractivity contribution in [3.05, 3.63) is 76.6 Å². The Morgan fingerprint density at radius 1 is 1.21 bits per heavy atom. The molecule has 4 rings (SSSR count). The molecule has 0 bridgehead atoms. The lowest BCUT2D eigenvalue weighted by molar-refractivity contribution is -0.137. The van der Waals surface area contributed by atoms with Crippen molar-refractivity contribution in [2.24, 2.45) is 0 Å². The Labute approximate surface area is 161 Å². The van der Waals surface area contributed by atoms with Crippen molar-refractivity contribution in [3.8, 4) is 5.69 Å². The Kier molecular flexibility index (Phi) is 4.58. The van der Waals surface area contributed by atoms with Crippen LogP contribution in [0, 0.1) is 5.82 Å². The van der Waals surface area contributed by atoms with E-state index in [0.29, 0.717) is 42.0 Å². The third-order valence-corrected chi connectivity index (χ3v) is 4.61. The summed E-state index contributed by atoms with van der Waals surface area (Å²) >= 11 is 0. The number of hydrogen-bond donors (Lipinski definition) is 2. The predicted molar refractivity (Wildman–Crippen MR) is 92.9 cm³/mol. The van der Waals surface area contributed by atoms with Gasteiger partial charge in [0.25, 0.3) is 5.91 Å². The molecule has 29 heavy (non-hydrogen) atoms. The fraction of sp³-hybridized carbons (Fsp3) is 0.211. The smallest absolute Gasteiger partial charge is 0.382 e. The number of alkyl halides is 3. The summed E-state index contributed by atoms with van der Waals surface area (Å²) in [5, 5.41) is 17.4. The molecule has 0 saturated heterocycles. The normalized spacial score (nSPS) is 15.0. The van der Waals surface area contributed by atoms with E-state index in [1.54, 1.807) is 6.07 Å². The Morgan fingerprint density at radius 3 is 2.76 bits per heavy atom. The van der Waals surface area contributed by atoms with Crippen molar-refractivity contribution in [1.29, 1.82) is 0 Å². The second-order valence-corrected chi connectivity index (χ2v) is 6.54. The Morgan fingerprint density at radius 2 is 2.00 bits per heavy atom. The van der Waals surface area contributed by atoms with Gasteiger partial charge >= 0.3 is 6.18 Å². The maximum atomic E-state index is 13.7. The summed E-state index contributed by atoms with van der Waals surface area (Å²) < 4.78 is 54.0. The van der Waals surface area contributed by atoms with E-state index in [1.807, 2.05) is 0 Å². The third kappa shape index (κ3) is 3.58. The topological polar surface area (TPSA) is 80.0 Å². The number of fused-ring (bicyclic) bond motifs is 1. The summed E-state index contributed by atoms with van der Waals surface area (Å²) in [4.78, 5) is 15.9. The van der Waals surface area contributed by atoms with Crippen molar-refractivity contribution in [2.45, 2.75) is 18.7 Å². The van der Waals surface area contributed by atoms with E-state index < -0.39 is 23.7 Å². The summed E-state index contributed by atoms with van der Waals surface area (Å²) in [5.41, 5.74) is 0.113. The average Bonchev–Trinajstić information content (AvgIpc) is 3.12. The molecule has 150 valence electrons. The molecule has 10 heteroatoms. The van der Waals surface area contributed by atoms with Gasteiger partial charge in [-0.05, 0) is 35.9 Å². The van der Waals surface area contributed by atoms with Gasteiger partial charge in [-0.1, -0.05) is 0 Å². The minimum Gasteiger partial charge on any atom is -0.382 e. The largest absolute Gasteiger partial charge is 0.416 e. The van der Waals surface area contributed by atoms with Crippen LogP contribution < -0.4 is 5.32 Å². The molecular formula is C19H14F4N4O2. The van der Waals surface area contributed by atoms with E-state index in [-0.39, 0.29) is 17.2 Å². The maximum absolute atomic E-state index is 13.7. The highest BCUT2D eigenvalue weighted by Gasteiger charge is 2.32. The van der Waals surface area contributed by atoms with Crippen molar-refractivity contribution < 1.29 is 27.5 Å². The first-order chi connectivity index (χ1) is 13.7. The van der Waals surface area contributed by atoms with Gasteiger partial charge in [-0.3, -0.25) is 9.78 Å². The molecule has 6 nitrogen and oxygen atoms in total. The second kappa shape index (κ2) is 6.96. The Hall–Kier alpha value is -3.27. The zero-order valence-corrected chi connectivity index (χ0v) is 14.7. The summed E-state index contributed by atoms with van der Waals surface area (Å²) in [5.74, 6) is -1.36. The molecule has 0 aliphatic carbocycles. The van der Waals surface area contributed by atoms with E-state index in [9.17, 15) is 27.5 Å². The van der Waals surface area contributed by atoms with Crippen molar-refractivity contribution in [3.63, 3.8) is 0 Å². The highest BCUT2D eigenvalue weighted by molar-refractivity contribution is 5.96. The molecule has 1 atom stereocenters. The molecule has 1 aromatic carbocycles. The minimum atomic E-state index is -4.75. The number of amides is 1. The molecule has 1 aliphatic rings. The minimum absolute atomic E-state index is 0.0192. The number of carbonyl (C=O) groups is 1. The number of aliphatic hydroxyl groups is 1. The molecule has 2 aromatic heterocycles. The predicted octanol–water partition coefficient (Wildman–Crippen LogP) is 2.79. The van der Waals surface area contributed by atoms with Crippen LogP contribution in [-0.4, -0.2) is 32.3 Å². The lowest BCUT2D eigenvalue weighted by Gasteiger charge is -2.17. The van der Waals surface area contributed by atoms with Gasteiger partial charge < -0.3 is 10.4 Å². The van der Waals surface area contributed by atoms with Gasteiger partial charge in [0.05, 0.1) is 34.4 Å². The van der Waals surface area contributed by atoms with Gasteiger partial charge in [-0.2, -0.15) is 18.3 Å². The fourth-order valence-corrected chi connectivity index (χ4v) is 3.24. The van der Waals surface area contributed by atoms with Crippen LogP contribution in [0.15, 0.2) is 42.7 Å². The van der Waals surface area contributed by atoms with Gasteiger partial charge in [-0.15, -0.1) is 0 Å². The average molecular weight is 406 g/mol. The van der Waals surface area contributed by atoms with Crippen LogP contribution in [-0.2, 0) is 12.6 Å². The third-order valence-electron chi connectivity index (χ3n) is 4.61. The molecule has 0 spiro atoms. The summed E-state index contributed by atoms with van der Waals surface area (Å²) in [6, 6.07) is 4.89. The number of nitrogens with zero attached hydrogens (tertiary/aromatic N) is 3. The van der Waals surface area contributed by atoms with Gasteiger partial charge in [0.1, 0.15) is 11.9 Å². The molecule has 2 N–H and O–H groups in total. The van der Waals surface area contributed by atoms with Crippen LogP contribution in [0.1, 0.15) is 39.0 Å². The number of hydrogen-bond acceptors (Lipinski definition) is 4. The highest BCUT2D eigenvalue weighted by atomic mass is 19.4. The molecule has 0 saturated carbocycles. The molecular weight excluding hydrogens is 392 g/mol. The SMILES string of the molecule is O=C1NCCc2c1cnn2-c1ccnc(C(O)c2cc(F)cc(C(F)(F)F)c2)c1. The number of benzene rings is 1. The molecule has 0 fully saturated rings. The van der Waals surface area contributed by atoms with Crippen LogP contribution in [0.2, 0.25) is 0 Å². The zero-order valence-electron chi connectivity index (χ0n) is 14.7. The molecule has 1 amide bonds. The van der Waals surface area contributed by atoms with E-state index in [4.69, 9.17) is 0 Å². The standard InChI is InChI=1S/C19H14F4N4O2/c20-12-6-10(5-11(7-12)19(21,22)23)17(28)15-8-13(1-3-24-15)27-16-2-4-25-18(29)14(16)9-26-27/h1,3,5-9,17,28H,2,4H2,(H,25,29). The second-order valence-electron chi connectivity index (χ2n) is 6.54. The quantitative estimate of drug-likeness (QED) is 0.656. The fourth-order valence-electron chi connectivity index (χ4n) is 3.24. The Balaban J connectivity index is 1.72. The van der Waals surface area contributed by atoms with Crippen molar-refractivity contribution >= 4 is 5.91 Å². The monoisotopic (exact) mass is 406 g/mol. The summed E-state index contributed by atoms with van der Waals surface area (Å²) in [6.07, 6.45) is -3.01. The van der Waals surface area contributed by atoms with Crippen LogP contribution in [0.4, 0.5) is 17.6 Å². The Bertz CT molecular complexity index is 1090. The lowest BCUT2D eigenvalue weighted by atomic mass is 10.0. The van der Waals surface area contributed by atoms with Crippen molar-refractivity contribution in [2.75, 3.05) is 6.54 Å². The first kappa shape index (κ1) is 19.1. The van der Waals surface area contributed by atoms with Gasteiger partial charge in [0.2, 0.25) is 0 Å². The van der Waals surface area contributed by atoms with Gasteiger partial charge in [0, 0.05) is 19.2 Å². The molecule has 3 heterocycles.